The molecule has 192 valence electrons. The average molecular weight is 545 g/mol. The first-order valence-electron chi connectivity index (χ1n) is 12.6. The molecule has 6 rings (SSSR count). The lowest BCUT2D eigenvalue weighted by molar-refractivity contribution is -0.128. The van der Waals surface area contributed by atoms with E-state index in [1.807, 2.05) is 74.2 Å². The maximum Gasteiger partial charge on any atom is 0.238 e. The zero-order valence-corrected chi connectivity index (χ0v) is 22.7. The summed E-state index contributed by atoms with van der Waals surface area (Å²) in [7, 11) is 0. The van der Waals surface area contributed by atoms with Crippen molar-refractivity contribution in [3.8, 4) is 0 Å². The van der Waals surface area contributed by atoms with Crippen LogP contribution in [0.1, 0.15) is 42.3 Å². The van der Waals surface area contributed by atoms with Crippen molar-refractivity contribution >= 4 is 58.1 Å². The number of fused-ring (bicyclic) bond motifs is 6. The molecule has 3 heterocycles. The summed E-state index contributed by atoms with van der Waals surface area (Å²) in [5.74, 6) is -1.66. The van der Waals surface area contributed by atoms with E-state index in [1.54, 1.807) is 30.3 Å². The Hall–Kier alpha value is -3.41. The lowest BCUT2D eigenvalue weighted by Crippen LogP contribution is -2.51. The average Bonchev–Trinajstić information content (AvgIpc) is 3.35. The molecule has 4 unspecified atom stereocenters. The minimum Gasteiger partial charge on any atom is -0.352 e. The molecule has 5 nitrogen and oxygen atoms in total. The molecule has 1 spiro atoms. The van der Waals surface area contributed by atoms with Crippen molar-refractivity contribution in [3.05, 3.63) is 99.5 Å². The van der Waals surface area contributed by atoms with Gasteiger partial charge >= 0.3 is 0 Å². The van der Waals surface area contributed by atoms with Gasteiger partial charge < -0.3 is 10.2 Å². The third-order valence-electron chi connectivity index (χ3n) is 8.01. The number of carbonyl (C=O) groups excluding carboxylic acids is 3. The molecule has 1 N–H and O–H groups in total. The van der Waals surface area contributed by atoms with Gasteiger partial charge in [0.05, 0.1) is 12.0 Å². The van der Waals surface area contributed by atoms with Crippen LogP contribution in [0, 0.1) is 11.3 Å². The zero-order valence-electron chi connectivity index (χ0n) is 21.2. The normalized spacial score (nSPS) is 25.1. The van der Waals surface area contributed by atoms with Crippen LogP contribution in [0.25, 0.3) is 6.08 Å². The van der Waals surface area contributed by atoms with E-state index in [0.717, 1.165) is 16.8 Å². The Morgan fingerprint density at radius 1 is 0.947 bits per heavy atom. The predicted molar refractivity (Wildman–Crippen MR) is 151 cm³/mol. The highest BCUT2D eigenvalue weighted by atomic mass is 35.5. The minimum absolute atomic E-state index is 0.111. The fourth-order valence-electron chi connectivity index (χ4n) is 6.39. The van der Waals surface area contributed by atoms with Crippen molar-refractivity contribution in [3.63, 3.8) is 0 Å². The van der Waals surface area contributed by atoms with Gasteiger partial charge in [-0.3, -0.25) is 14.4 Å². The lowest BCUT2D eigenvalue weighted by Gasteiger charge is -2.38. The molecule has 0 bridgehead atoms. The highest BCUT2D eigenvalue weighted by Crippen LogP contribution is 2.58. The highest BCUT2D eigenvalue weighted by Gasteiger charge is 2.70. The third-order valence-corrected chi connectivity index (χ3v) is 8.50. The molecule has 0 aliphatic carbocycles. The summed E-state index contributed by atoms with van der Waals surface area (Å²) in [5, 5.41) is 4.10. The van der Waals surface area contributed by atoms with Crippen LogP contribution < -0.4 is 10.2 Å². The molecule has 7 heteroatoms. The quantitative estimate of drug-likeness (QED) is 0.378. The van der Waals surface area contributed by atoms with E-state index in [2.05, 4.69) is 5.32 Å². The van der Waals surface area contributed by atoms with Crippen molar-refractivity contribution < 1.29 is 14.4 Å². The smallest absolute Gasteiger partial charge is 0.238 e. The first kappa shape index (κ1) is 24.9. The number of nitrogens with one attached hydrogen (secondary N) is 1. The summed E-state index contributed by atoms with van der Waals surface area (Å²) >= 11 is 12.5. The fourth-order valence-corrected chi connectivity index (χ4v) is 6.69. The lowest BCUT2D eigenvalue weighted by atomic mass is 9.63. The van der Waals surface area contributed by atoms with Crippen LogP contribution in [0.3, 0.4) is 0 Å². The molecule has 4 atom stereocenters. The minimum atomic E-state index is -1.33. The maximum atomic E-state index is 14.6. The summed E-state index contributed by atoms with van der Waals surface area (Å²) in [5.41, 5.74) is 1.29. The standard InChI is InChI=1S/C31H26Cl2N2O3/c1-30(2,3)28(37)26-25(27(36)17-8-11-19(32)12-9-17)31(21-6-4-5-7-22(21)34-29(31)38)24-15-10-18-16-20(33)13-14-23(18)35(24)26/h4-16,24-26H,1-3H3,(H,34,38). The number of benzene rings is 3. The van der Waals surface area contributed by atoms with Crippen molar-refractivity contribution in [2.75, 3.05) is 10.2 Å². The van der Waals surface area contributed by atoms with E-state index in [-0.39, 0.29) is 17.5 Å². The molecule has 38 heavy (non-hydrogen) atoms. The number of anilines is 2. The molecule has 1 amide bonds. The van der Waals surface area contributed by atoms with Crippen LogP contribution in [-0.4, -0.2) is 29.6 Å². The fraction of sp³-hybridized carbons (Fsp3) is 0.258. The van der Waals surface area contributed by atoms with Crippen molar-refractivity contribution in [2.24, 2.45) is 11.3 Å². The number of para-hydroxylation sites is 1. The molecule has 1 fully saturated rings. The number of hydrogen-bond donors (Lipinski definition) is 1. The van der Waals surface area contributed by atoms with E-state index in [4.69, 9.17) is 23.2 Å². The van der Waals surface area contributed by atoms with Crippen molar-refractivity contribution in [1.29, 1.82) is 0 Å². The first-order chi connectivity index (χ1) is 18.0. The Bertz CT molecular complexity index is 1540. The number of nitrogens with zero attached hydrogens (tertiary/aromatic N) is 1. The second-order valence-electron chi connectivity index (χ2n) is 11.2. The van der Waals surface area contributed by atoms with Gasteiger partial charge in [0.1, 0.15) is 11.5 Å². The predicted octanol–water partition coefficient (Wildman–Crippen LogP) is 6.58. The second-order valence-corrected chi connectivity index (χ2v) is 12.1. The largest absolute Gasteiger partial charge is 0.352 e. The van der Waals surface area contributed by atoms with Crippen molar-refractivity contribution in [1.82, 2.24) is 0 Å². The third kappa shape index (κ3) is 3.41. The second kappa shape index (κ2) is 8.55. The van der Waals surface area contributed by atoms with Crippen LogP contribution in [0.2, 0.25) is 10.0 Å². The number of Topliss-reactive ketones (excluding diaryl/α,β-unsaturated/α-hetero) is 2. The molecule has 3 aliphatic rings. The van der Waals surface area contributed by atoms with E-state index in [9.17, 15) is 14.4 Å². The Balaban J connectivity index is 1.68. The Kier molecular flexibility index (Phi) is 5.60. The van der Waals surface area contributed by atoms with Gasteiger partial charge in [-0.05, 0) is 59.7 Å². The van der Waals surface area contributed by atoms with Crippen LogP contribution in [0.15, 0.2) is 72.8 Å². The number of hydrogen-bond acceptors (Lipinski definition) is 4. The van der Waals surface area contributed by atoms with Gasteiger partial charge in [-0.1, -0.05) is 74.3 Å². The van der Waals surface area contributed by atoms with Crippen LogP contribution in [0.4, 0.5) is 11.4 Å². The van der Waals surface area contributed by atoms with Gasteiger partial charge in [0.15, 0.2) is 11.6 Å². The molecule has 0 radical (unpaired) electrons. The summed E-state index contributed by atoms with van der Waals surface area (Å²) in [6.07, 6.45) is 3.88. The molecular formula is C31H26Cl2N2O3. The summed E-state index contributed by atoms with van der Waals surface area (Å²) in [6, 6.07) is 18.1. The highest BCUT2D eigenvalue weighted by molar-refractivity contribution is 6.31. The summed E-state index contributed by atoms with van der Waals surface area (Å²) in [4.78, 5) is 45.1. The maximum absolute atomic E-state index is 14.6. The van der Waals surface area contributed by atoms with E-state index >= 15 is 0 Å². The number of amides is 1. The molecule has 3 aliphatic heterocycles. The Morgan fingerprint density at radius 2 is 1.63 bits per heavy atom. The van der Waals surface area contributed by atoms with Crippen LogP contribution in [0.5, 0.6) is 0 Å². The van der Waals surface area contributed by atoms with Gasteiger partial charge in [0.2, 0.25) is 5.91 Å². The van der Waals surface area contributed by atoms with E-state index in [0.29, 0.717) is 21.3 Å². The van der Waals surface area contributed by atoms with E-state index < -0.39 is 28.8 Å². The molecule has 3 aromatic rings. The van der Waals surface area contributed by atoms with Gasteiger partial charge in [-0.2, -0.15) is 0 Å². The zero-order chi connectivity index (χ0) is 27.0. The van der Waals surface area contributed by atoms with E-state index in [1.165, 1.54) is 0 Å². The molecule has 0 aromatic heterocycles. The topological polar surface area (TPSA) is 66.5 Å². The SMILES string of the molecule is CC(C)(C)C(=O)C1C(C(=O)c2ccc(Cl)cc2)C2(C(=O)Nc3ccccc32)C2C=Cc3cc(Cl)ccc3N12. The van der Waals surface area contributed by atoms with Gasteiger partial charge in [0.25, 0.3) is 0 Å². The van der Waals surface area contributed by atoms with Gasteiger partial charge in [-0.15, -0.1) is 0 Å². The monoisotopic (exact) mass is 544 g/mol. The van der Waals surface area contributed by atoms with Crippen LogP contribution in [-0.2, 0) is 15.0 Å². The van der Waals surface area contributed by atoms with Crippen LogP contribution >= 0.6 is 23.2 Å². The molecule has 0 saturated carbocycles. The molecule has 1 saturated heterocycles. The molecular weight excluding hydrogens is 519 g/mol. The van der Waals surface area contributed by atoms with Gasteiger partial charge in [0, 0.05) is 32.4 Å². The number of rotatable bonds is 3. The number of carbonyl (C=O) groups is 3. The first-order valence-corrected chi connectivity index (χ1v) is 13.3. The molecule has 3 aromatic carbocycles. The van der Waals surface area contributed by atoms with Crippen molar-refractivity contribution in [2.45, 2.75) is 38.3 Å². The summed E-state index contributed by atoms with van der Waals surface area (Å²) in [6.45, 7) is 5.55. The summed E-state index contributed by atoms with van der Waals surface area (Å²) < 4.78 is 0. The Morgan fingerprint density at radius 3 is 2.34 bits per heavy atom. The number of halogens is 2. The number of ketones is 2. The van der Waals surface area contributed by atoms with Gasteiger partial charge in [-0.25, -0.2) is 0 Å². The Labute approximate surface area is 231 Å².